The number of piperazine rings is 2. The topological polar surface area (TPSA) is 13.0 Å². The summed E-state index contributed by atoms with van der Waals surface area (Å²) in [6.07, 6.45) is 0. The van der Waals surface area contributed by atoms with Crippen molar-refractivity contribution < 1.29 is 0 Å². The van der Waals surface area contributed by atoms with Crippen LogP contribution in [0.15, 0.2) is 24.3 Å². The number of rotatable bonds is 4. The minimum atomic E-state index is 0.738. The van der Waals surface area contributed by atoms with Crippen molar-refractivity contribution in [2.24, 2.45) is 0 Å². The maximum Gasteiger partial charge on any atom is 0.0368 e. The van der Waals surface area contributed by atoms with E-state index < -0.39 is 0 Å². The van der Waals surface area contributed by atoms with Crippen LogP contribution in [0, 0.1) is 0 Å². The molecule has 3 rings (SSSR count). The highest BCUT2D eigenvalue weighted by Crippen LogP contribution is 2.23. The van der Waals surface area contributed by atoms with Crippen molar-refractivity contribution in [2.75, 3.05) is 75.8 Å². The summed E-state index contributed by atoms with van der Waals surface area (Å²) in [5, 5.41) is 0. The summed E-state index contributed by atoms with van der Waals surface area (Å²) in [6.45, 7) is 12.8. The molecule has 1 aromatic rings. The van der Waals surface area contributed by atoms with E-state index in [9.17, 15) is 0 Å². The van der Waals surface area contributed by atoms with Gasteiger partial charge in [-0.1, -0.05) is 29.5 Å². The van der Waals surface area contributed by atoms with E-state index in [1.54, 1.807) is 0 Å². The molecule has 5 heteroatoms. The van der Waals surface area contributed by atoms with Gasteiger partial charge in [-0.25, -0.2) is 0 Å². The van der Waals surface area contributed by atoms with Crippen LogP contribution in [0.25, 0.3) is 0 Å². The first-order chi connectivity index (χ1) is 11.1. The molecule has 0 aliphatic carbocycles. The lowest BCUT2D eigenvalue weighted by atomic mass is 10.2. The molecule has 1 aromatic carbocycles. The van der Waals surface area contributed by atoms with E-state index in [2.05, 4.69) is 80.4 Å². The molecule has 2 fully saturated rings. The van der Waals surface area contributed by atoms with Gasteiger partial charge in [0.05, 0.1) is 0 Å². The second-order valence-corrected chi connectivity index (χ2v) is 9.00. The maximum absolute atomic E-state index is 2.59. The van der Waals surface area contributed by atoms with Gasteiger partial charge < -0.3 is 14.7 Å². The highest BCUT2D eigenvalue weighted by atomic mass is 127. The van der Waals surface area contributed by atoms with E-state index >= 15 is 0 Å². The second-order valence-electron chi connectivity index (χ2n) is 6.88. The zero-order chi connectivity index (χ0) is 16.2. The molecule has 4 nitrogen and oxygen atoms in total. The lowest BCUT2D eigenvalue weighted by Crippen LogP contribution is -2.47. The number of nitrogens with zero attached hydrogens (tertiary/aromatic N) is 4. The first kappa shape index (κ1) is 17.3. The van der Waals surface area contributed by atoms with Crippen LogP contribution in [0.1, 0.15) is 6.92 Å². The van der Waals surface area contributed by atoms with Gasteiger partial charge in [0, 0.05) is 74.2 Å². The van der Waals surface area contributed by atoms with Crippen molar-refractivity contribution >= 4 is 34.0 Å². The van der Waals surface area contributed by atoms with Crippen molar-refractivity contribution in [1.82, 2.24) is 9.80 Å². The molecule has 2 saturated heterocycles. The summed E-state index contributed by atoms with van der Waals surface area (Å²) in [6, 6.07) is 9.23. The molecule has 1 atom stereocenters. The average molecular weight is 428 g/mol. The summed E-state index contributed by atoms with van der Waals surface area (Å²) in [7, 11) is 2.21. The Morgan fingerprint density at radius 3 is 1.70 bits per heavy atom. The molecule has 0 spiro atoms. The Kier molecular flexibility index (Phi) is 6.04. The Morgan fingerprint density at radius 1 is 0.826 bits per heavy atom. The van der Waals surface area contributed by atoms with E-state index in [4.69, 9.17) is 0 Å². The van der Waals surface area contributed by atoms with Gasteiger partial charge in [-0.2, -0.15) is 0 Å². The molecule has 128 valence electrons. The SMILES string of the molecule is CC(I)CN1CCN(c2ccc(N3CCN(C)CC3)cc2)CC1. The van der Waals surface area contributed by atoms with Crippen LogP contribution < -0.4 is 9.80 Å². The van der Waals surface area contributed by atoms with Crippen molar-refractivity contribution in [1.29, 1.82) is 0 Å². The molecular formula is C18H29IN4. The minimum absolute atomic E-state index is 0.738. The number of anilines is 2. The van der Waals surface area contributed by atoms with Crippen LogP contribution in [0.4, 0.5) is 11.4 Å². The fraction of sp³-hybridized carbons (Fsp3) is 0.667. The largest absolute Gasteiger partial charge is 0.369 e. The van der Waals surface area contributed by atoms with E-state index in [1.165, 1.54) is 44.1 Å². The van der Waals surface area contributed by atoms with Crippen LogP contribution in [0.5, 0.6) is 0 Å². The molecule has 2 heterocycles. The predicted molar refractivity (Wildman–Crippen MR) is 108 cm³/mol. The number of likely N-dealkylation sites (N-methyl/N-ethyl adjacent to an activating group) is 1. The van der Waals surface area contributed by atoms with Gasteiger partial charge >= 0.3 is 0 Å². The molecule has 0 radical (unpaired) electrons. The van der Waals surface area contributed by atoms with Gasteiger partial charge in [0.25, 0.3) is 0 Å². The van der Waals surface area contributed by atoms with Crippen molar-refractivity contribution in [3.05, 3.63) is 24.3 Å². The fourth-order valence-corrected chi connectivity index (χ4v) is 4.04. The fourth-order valence-electron chi connectivity index (χ4n) is 3.48. The van der Waals surface area contributed by atoms with Crippen LogP contribution in [0.3, 0.4) is 0 Å². The van der Waals surface area contributed by atoms with Crippen molar-refractivity contribution in [3.8, 4) is 0 Å². The highest BCUT2D eigenvalue weighted by molar-refractivity contribution is 14.1. The normalized spacial score (nSPS) is 22.4. The Bertz CT molecular complexity index is 474. The molecule has 23 heavy (non-hydrogen) atoms. The van der Waals surface area contributed by atoms with Gasteiger partial charge in [-0.05, 0) is 31.3 Å². The molecular weight excluding hydrogens is 399 g/mol. The van der Waals surface area contributed by atoms with Crippen LogP contribution in [0.2, 0.25) is 0 Å². The zero-order valence-corrected chi connectivity index (χ0v) is 16.6. The van der Waals surface area contributed by atoms with Crippen LogP contribution in [-0.2, 0) is 0 Å². The third kappa shape index (κ3) is 4.73. The highest BCUT2D eigenvalue weighted by Gasteiger charge is 2.19. The molecule has 0 aromatic heterocycles. The summed E-state index contributed by atoms with van der Waals surface area (Å²) < 4.78 is 0.738. The molecule has 0 N–H and O–H groups in total. The Hall–Kier alpha value is -0.530. The first-order valence-electron chi connectivity index (χ1n) is 8.77. The van der Waals surface area contributed by atoms with Gasteiger partial charge in [0.15, 0.2) is 0 Å². The van der Waals surface area contributed by atoms with E-state index in [-0.39, 0.29) is 0 Å². The molecule has 2 aliphatic heterocycles. The standard InChI is InChI=1S/C18H29IN4/c1-16(19)15-21-9-13-23(14-10-21)18-5-3-17(4-6-18)22-11-7-20(2)8-12-22/h3-6,16H,7-15H2,1-2H3. The summed E-state index contributed by atoms with van der Waals surface area (Å²) in [5.74, 6) is 0. The number of benzene rings is 1. The van der Waals surface area contributed by atoms with Crippen molar-refractivity contribution in [3.63, 3.8) is 0 Å². The molecule has 0 amide bonds. The Balaban J connectivity index is 1.54. The van der Waals surface area contributed by atoms with Crippen LogP contribution in [-0.4, -0.2) is 79.7 Å². The minimum Gasteiger partial charge on any atom is -0.369 e. The molecule has 0 bridgehead atoms. The summed E-state index contributed by atoms with van der Waals surface area (Å²) in [4.78, 5) is 10.0. The van der Waals surface area contributed by atoms with E-state index in [0.29, 0.717) is 0 Å². The smallest absolute Gasteiger partial charge is 0.0368 e. The maximum atomic E-state index is 2.59. The quantitative estimate of drug-likeness (QED) is 0.540. The second kappa shape index (κ2) is 8.03. The van der Waals surface area contributed by atoms with Crippen molar-refractivity contribution in [2.45, 2.75) is 10.8 Å². The van der Waals surface area contributed by atoms with E-state index in [1.807, 2.05) is 0 Å². The van der Waals surface area contributed by atoms with Gasteiger partial charge in [0.2, 0.25) is 0 Å². The average Bonchev–Trinajstić information content (AvgIpc) is 2.56. The van der Waals surface area contributed by atoms with Gasteiger partial charge in [-0.3, -0.25) is 4.90 Å². The summed E-state index contributed by atoms with van der Waals surface area (Å²) in [5.41, 5.74) is 2.75. The lowest BCUT2D eigenvalue weighted by molar-refractivity contribution is 0.263. The summed E-state index contributed by atoms with van der Waals surface area (Å²) >= 11 is 2.52. The molecule has 2 aliphatic rings. The monoisotopic (exact) mass is 428 g/mol. The third-order valence-corrected chi connectivity index (χ3v) is 5.36. The lowest BCUT2D eigenvalue weighted by Gasteiger charge is -2.37. The van der Waals surface area contributed by atoms with E-state index in [0.717, 1.165) is 30.1 Å². The number of hydrogen-bond acceptors (Lipinski definition) is 4. The number of halogens is 1. The third-order valence-electron chi connectivity index (χ3n) is 4.97. The van der Waals surface area contributed by atoms with Crippen LogP contribution >= 0.6 is 22.6 Å². The zero-order valence-electron chi connectivity index (χ0n) is 14.4. The van der Waals surface area contributed by atoms with Gasteiger partial charge in [0.1, 0.15) is 0 Å². The number of hydrogen-bond donors (Lipinski definition) is 0. The molecule has 0 saturated carbocycles. The predicted octanol–water partition coefficient (Wildman–Crippen LogP) is 2.38. The number of alkyl halides is 1. The Morgan fingerprint density at radius 2 is 1.26 bits per heavy atom. The first-order valence-corrected chi connectivity index (χ1v) is 10.0. The molecule has 1 unspecified atom stereocenters. The Labute approximate surface area is 154 Å². The van der Waals surface area contributed by atoms with Gasteiger partial charge in [-0.15, -0.1) is 0 Å².